The Balaban J connectivity index is 1.45. The van der Waals surface area contributed by atoms with Crippen LogP contribution < -0.4 is 10.6 Å². The predicted molar refractivity (Wildman–Crippen MR) is 106 cm³/mol. The second-order valence-electron chi connectivity index (χ2n) is 9.42. The maximum atomic E-state index is 13.4. The molecule has 156 valence electrons. The Bertz CT molecular complexity index is 841. The molecule has 1 aromatic rings. The molecule has 29 heavy (non-hydrogen) atoms. The lowest BCUT2D eigenvalue weighted by Gasteiger charge is -2.61. The van der Waals surface area contributed by atoms with Crippen LogP contribution in [0.2, 0.25) is 0 Å². The van der Waals surface area contributed by atoms with Crippen LogP contribution in [-0.4, -0.2) is 41.8 Å². The third kappa shape index (κ3) is 3.87. The molecule has 3 amide bonds. The molecule has 4 fully saturated rings. The zero-order chi connectivity index (χ0) is 20.8. The number of hydrogen-bond acceptors (Lipinski definition) is 3. The molecule has 0 radical (unpaired) electrons. The number of nitrogens with one attached hydrogen (secondary N) is 2. The minimum absolute atomic E-state index is 0.0179. The van der Waals surface area contributed by atoms with Gasteiger partial charge < -0.3 is 15.5 Å². The highest BCUT2D eigenvalue weighted by Gasteiger charge is 2.61. The SMILES string of the molecule is CC(=O)NC12C[C@H]3C[C@@H](C1)CC(C(=O)N(C)CC(=O)Nc1cccc(F)c1)(C3)C2. The number of rotatable bonds is 5. The minimum atomic E-state index is -0.500. The third-order valence-corrected chi connectivity index (χ3v) is 6.79. The number of hydrogen-bond donors (Lipinski definition) is 2. The summed E-state index contributed by atoms with van der Waals surface area (Å²) in [6.45, 7) is 1.45. The molecular formula is C22H28FN3O3. The van der Waals surface area contributed by atoms with Gasteiger partial charge in [-0.25, -0.2) is 4.39 Å². The number of nitrogens with zero attached hydrogens (tertiary/aromatic N) is 1. The Morgan fingerprint density at radius 2 is 1.86 bits per heavy atom. The van der Waals surface area contributed by atoms with E-state index in [9.17, 15) is 18.8 Å². The monoisotopic (exact) mass is 401 g/mol. The Kier molecular flexibility index (Phi) is 4.87. The van der Waals surface area contributed by atoms with E-state index in [1.807, 2.05) is 0 Å². The van der Waals surface area contributed by atoms with Crippen molar-refractivity contribution >= 4 is 23.4 Å². The van der Waals surface area contributed by atoms with Gasteiger partial charge in [0, 0.05) is 25.2 Å². The number of carbonyl (C=O) groups is 3. The third-order valence-electron chi connectivity index (χ3n) is 6.79. The van der Waals surface area contributed by atoms with Crippen molar-refractivity contribution in [3.8, 4) is 0 Å². The van der Waals surface area contributed by atoms with Crippen LogP contribution in [-0.2, 0) is 14.4 Å². The first kappa shape index (κ1) is 19.9. The molecule has 0 aromatic heterocycles. The molecule has 4 bridgehead atoms. The quantitative estimate of drug-likeness (QED) is 0.796. The van der Waals surface area contributed by atoms with E-state index in [0.29, 0.717) is 23.9 Å². The molecule has 1 aromatic carbocycles. The minimum Gasteiger partial charge on any atom is -0.351 e. The van der Waals surface area contributed by atoms with Crippen LogP contribution in [0.25, 0.3) is 0 Å². The summed E-state index contributed by atoms with van der Waals surface area (Å²) in [5.41, 5.74) is -0.410. The molecule has 0 aliphatic heterocycles. The zero-order valence-electron chi connectivity index (χ0n) is 17.0. The van der Waals surface area contributed by atoms with Crippen molar-refractivity contribution < 1.29 is 18.8 Å². The molecule has 5 rings (SSSR count). The molecule has 4 atom stereocenters. The van der Waals surface area contributed by atoms with Gasteiger partial charge in [0.05, 0.1) is 12.0 Å². The number of anilines is 1. The van der Waals surface area contributed by atoms with E-state index in [4.69, 9.17) is 0 Å². The van der Waals surface area contributed by atoms with Crippen molar-refractivity contribution in [2.45, 2.75) is 51.0 Å². The number of amides is 3. The number of likely N-dealkylation sites (N-methyl/N-ethyl adjacent to an activating group) is 1. The topological polar surface area (TPSA) is 78.5 Å². The van der Waals surface area contributed by atoms with E-state index < -0.39 is 11.2 Å². The standard InChI is InChI=1S/C22H28FN3O3/c1-14(27)25-22-10-15-6-16(11-22)9-21(8-15,13-22)20(29)26(2)12-19(28)24-18-5-3-4-17(23)7-18/h3-5,7,15-16H,6,8-13H2,1-2H3,(H,24,28)(H,25,27)/t15-,16+,21?,22?. The molecule has 4 aliphatic rings. The van der Waals surface area contributed by atoms with Crippen molar-refractivity contribution in [2.24, 2.45) is 17.3 Å². The molecule has 2 unspecified atom stereocenters. The Hall–Kier alpha value is -2.44. The Morgan fingerprint density at radius 1 is 1.17 bits per heavy atom. The first-order chi connectivity index (χ1) is 13.7. The maximum Gasteiger partial charge on any atom is 0.243 e. The molecule has 0 heterocycles. The second-order valence-corrected chi connectivity index (χ2v) is 9.42. The molecule has 7 heteroatoms. The summed E-state index contributed by atoms with van der Waals surface area (Å²) in [5.74, 6) is 0.0491. The number of halogens is 1. The average molecular weight is 401 g/mol. The normalized spacial score (nSPS) is 32.0. The van der Waals surface area contributed by atoms with E-state index in [1.54, 1.807) is 13.1 Å². The first-order valence-corrected chi connectivity index (χ1v) is 10.3. The van der Waals surface area contributed by atoms with Gasteiger partial charge in [-0.1, -0.05) is 6.07 Å². The van der Waals surface area contributed by atoms with Crippen LogP contribution in [0.5, 0.6) is 0 Å². The van der Waals surface area contributed by atoms with Crippen LogP contribution in [0.1, 0.15) is 45.4 Å². The second kappa shape index (κ2) is 7.11. The highest BCUT2D eigenvalue weighted by molar-refractivity contribution is 5.95. The highest BCUT2D eigenvalue weighted by atomic mass is 19.1. The lowest BCUT2D eigenvalue weighted by molar-refractivity contribution is -0.162. The van der Waals surface area contributed by atoms with Crippen molar-refractivity contribution in [1.29, 1.82) is 0 Å². The van der Waals surface area contributed by atoms with E-state index in [2.05, 4.69) is 10.6 Å². The largest absolute Gasteiger partial charge is 0.351 e. The summed E-state index contributed by atoms with van der Waals surface area (Å²) >= 11 is 0. The van der Waals surface area contributed by atoms with Crippen LogP contribution in [0.15, 0.2) is 24.3 Å². The zero-order valence-corrected chi connectivity index (χ0v) is 17.0. The average Bonchev–Trinajstić information content (AvgIpc) is 2.58. The molecule has 2 N–H and O–H groups in total. The van der Waals surface area contributed by atoms with Gasteiger partial charge in [0.15, 0.2) is 0 Å². The highest BCUT2D eigenvalue weighted by Crippen LogP contribution is 2.62. The van der Waals surface area contributed by atoms with E-state index in [0.717, 1.165) is 32.1 Å². The van der Waals surface area contributed by atoms with Gasteiger partial charge in [0.1, 0.15) is 5.82 Å². The molecule has 4 aliphatic carbocycles. The van der Waals surface area contributed by atoms with Crippen LogP contribution in [0, 0.1) is 23.1 Å². The summed E-state index contributed by atoms with van der Waals surface area (Å²) in [5, 5.41) is 5.81. The van der Waals surface area contributed by atoms with Crippen LogP contribution in [0.3, 0.4) is 0 Å². The Morgan fingerprint density at radius 3 is 2.48 bits per heavy atom. The molecule has 0 spiro atoms. The van der Waals surface area contributed by atoms with Crippen LogP contribution >= 0.6 is 0 Å². The van der Waals surface area contributed by atoms with Gasteiger partial charge in [0.2, 0.25) is 17.7 Å². The maximum absolute atomic E-state index is 13.4. The van der Waals surface area contributed by atoms with Crippen molar-refractivity contribution in [3.05, 3.63) is 30.1 Å². The molecule has 0 saturated heterocycles. The first-order valence-electron chi connectivity index (χ1n) is 10.3. The van der Waals surface area contributed by atoms with Gasteiger partial charge in [0.25, 0.3) is 0 Å². The van der Waals surface area contributed by atoms with E-state index >= 15 is 0 Å². The van der Waals surface area contributed by atoms with E-state index in [1.165, 1.54) is 30.0 Å². The van der Waals surface area contributed by atoms with Gasteiger partial charge in [-0.3, -0.25) is 14.4 Å². The van der Waals surface area contributed by atoms with Gasteiger partial charge in [-0.15, -0.1) is 0 Å². The van der Waals surface area contributed by atoms with Gasteiger partial charge in [-0.2, -0.15) is 0 Å². The number of benzene rings is 1. The fourth-order valence-electron chi connectivity index (χ4n) is 6.49. The number of carbonyl (C=O) groups excluding carboxylic acids is 3. The lowest BCUT2D eigenvalue weighted by Crippen LogP contribution is -2.66. The Labute approximate surface area is 170 Å². The summed E-state index contributed by atoms with van der Waals surface area (Å²) in [6, 6.07) is 5.69. The molecular weight excluding hydrogens is 373 g/mol. The van der Waals surface area contributed by atoms with Crippen molar-refractivity contribution in [3.63, 3.8) is 0 Å². The summed E-state index contributed by atoms with van der Waals surface area (Å²) in [7, 11) is 1.65. The van der Waals surface area contributed by atoms with Gasteiger partial charge >= 0.3 is 0 Å². The summed E-state index contributed by atoms with van der Waals surface area (Å²) in [6.07, 6.45) is 5.34. The van der Waals surface area contributed by atoms with Crippen molar-refractivity contribution in [1.82, 2.24) is 10.2 Å². The lowest BCUT2D eigenvalue weighted by atomic mass is 9.46. The summed E-state index contributed by atoms with van der Waals surface area (Å²) < 4.78 is 13.3. The fraction of sp³-hybridized carbons (Fsp3) is 0.591. The fourth-order valence-corrected chi connectivity index (χ4v) is 6.49. The smallest absolute Gasteiger partial charge is 0.243 e. The molecule has 4 saturated carbocycles. The van der Waals surface area contributed by atoms with Crippen molar-refractivity contribution in [2.75, 3.05) is 18.9 Å². The summed E-state index contributed by atoms with van der Waals surface area (Å²) in [4.78, 5) is 39.1. The molecule has 6 nitrogen and oxygen atoms in total. The predicted octanol–water partition coefficient (Wildman–Crippen LogP) is 2.70. The van der Waals surface area contributed by atoms with Gasteiger partial charge in [-0.05, 0) is 68.6 Å². The van der Waals surface area contributed by atoms with Crippen LogP contribution in [0.4, 0.5) is 10.1 Å². The van der Waals surface area contributed by atoms with E-state index in [-0.39, 0.29) is 29.8 Å².